The van der Waals surface area contributed by atoms with Gasteiger partial charge in [0.15, 0.2) is 5.78 Å². The van der Waals surface area contributed by atoms with Crippen LogP contribution < -0.4 is 0 Å². The molecule has 0 spiro atoms. The molecule has 5 heteroatoms. The van der Waals surface area contributed by atoms with E-state index in [1.807, 2.05) is 37.3 Å². The first-order valence-electron chi connectivity index (χ1n) is 8.88. The predicted octanol–water partition coefficient (Wildman–Crippen LogP) is 4.69. The number of halogens is 1. The Balaban J connectivity index is 1.92. The highest BCUT2D eigenvalue weighted by Crippen LogP contribution is 2.48. The van der Waals surface area contributed by atoms with Crippen molar-refractivity contribution < 1.29 is 14.3 Å². The molecule has 4 nitrogen and oxygen atoms in total. The van der Waals surface area contributed by atoms with Gasteiger partial charge in [0, 0.05) is 33.4 Å². The number of hydrogen-bond donors (Lipinski definition) is 0. The fraction of sp³-hybridized carbons (Fsp3) is 0.227. The number of hydrogen-bond acceptors (Lipinski definition) is 4. The van der Waals surface area contributed by atoms with E-state index in [0.29, 0.717) is 27.6 Å². The Bertz CT molecular complexity index is 1000. The van der Waals surface area contributed by atoms with Crippen molar-refractivity contribution >= 4 is 34.8 Å². The quantitative estimate of drug-likeness (QED) is 0.727. The van der Waals surface area contributed by atoms with Gasteiger partial charge in [0.1, 0.15) is 5.92 Å². The molecule has 136 valence electrons. The number of aliphatic imine (C=N–C) groups is 1. The fourth-order valence-corrected chi connectivity index (χ4v) is 4.04. The average molecular weight is 380 g/mol. The third kappa shape index (κ3) is 2.81. The van der Waals surface area contributed by atoms with Crippen LogP contribution in [0.15, 0.2) is 59.1 Å². The number of fused-ring (bicyclic) bond motifs is 2. The van der Waals surface area contributed by atoms with Crippen molar-refractivity contribution in [1.29, 1.82) is 0 Å². The number of benzene rings is 2. The second-order valence-electron chi connectivity index (χ2n) is 6.65. The zero-order valence-electron chi connectivity index (χ0n) is 15.0. The third-order valence-corrected chi connectivity index (χ3v) is 5.33. The summed E-state index contributed by atoms with van der Waals surface area (Å²) in [6.45, 7) is 3.86. The molecule has 27 heavy (non-hydrogen) atoms. The minimum atomic E-state index is -0.636. The monoisotopic (exact) mass is 379 g/mol. The van der Waals surface area contributed by atoms with Crippen molar-refractivity contribution in [2.24, 2.45) is 10.9 Å². The molecule has 0 fully saturated rings. The van der Waals surface area contributed by atoms with Crippen LogP contribution in [0.1, 0.15) is 41.3 Å². The maximum atomic E-state index is 13.2. The van der Waals surface area contributed by atoms with E-state index in [4.69, 9.17) is 16.3 Å². The summed E-state index contributed by atoms with van der Waals surface area (Å²) in [6.07, 6.45) is 0. The van der Waals surface area contributed by atoms with Crippen molar-refractivity contribution in [2.45, 2.75) is 19.8 Å². The lowest BCUT2D eigenvalue weighted by Crippen LogP contribution is -2.35. The number of ether oxygens (including phenoxy) is 1. The van der Waals surface area contributed by atoms with Gasteiger partial charge in [-0.15, -0.1) is 0 Å². The number of carbonyl (C=O) groups is 2. The largest absolute Gasteiger partial charge is 0.465 e. The number of carbonyl (C=O) groups excluding carboxylic acids is 2. The standard InChI is InChI=1S/C22H18ClNO3/c1-3-27-22(26)17-12(2)24-20-15-6-4-5-7-16(15)21(25)19(20)18(17)13-8-10-14(23)11-9-13/h4-11,17-18H,3H2,1-2H3/t17?,18-/m1/s1. The van der Waals surface area contributed by atoms with Crippen LogP contribution in [0, 0.1) is 5.92 Å². The van der Waals surface area contributed by atoms with Gasteiger partial charge in [-0.05, 0) is 31.5 Å². The molecule has 0 N–H and O–H groups in total. The SMILES string of the molecule is CCOC(=O)C1C(C)=NC2=C(C(=O)c3ccccc32)[C@@H]1c1ccc(Cl)cc1. The normalized spacial score (nSPS) is 20.9. The van der Waals surface area contributed by atoms with Crippen LogP contribution in [0.4, 0.5) is 0 Å². The Labute approximate surface area is 162 Å². The van der Waals surface area contributed by atoms with E-state index in [-0.39, 0.29) is 18.4 Å². The topological polar surface area (TPSA) is 55.7 Å². The summed E-state index contributed by atoms with van der Waals surface area (Å²) in [6, 6.07) is 14.7. The van der Waals surface area contributed by atoms with Crippen molar-refractivity contribution in [3.8, 4) is 0 Å². The van der Waals surface area contributed by atoms with Gasteiger partial charge in [-0.2, -0.15) is 0 Å². The summed E-state index contributed by atoms with van der Waals surface area (Å²) in [5, 5.41) is 0.600. The highest BCUT2D eigenvalue weighted by atomic mass is 35.5. The maximum Gasteiger partial charge on any atom is 0.315 e. The number of allylic oxidation sites excluding steroid dienone is 1. The van der Waals surface area contributed by atoms with Crippen molar-refractivity contribution in [2.75, 3.05) is 6.61 Å². The molecule has 2 atom stereocenters. The smallest absolute Gasteiger partial charge is 0.315 e. The Morgan fingerprint density at radius 2 is 1.78 bits per heavy atom. The average Bonchev–Trinajstić information content (AvgIpc) is 2.94. The number of ketones is 1. The first-order valence-corrected chi connectivity index (χ1v) is 9.26. The minimum Gasteiger partial charge on any atom is -0.465 e. The van der Waals surface area contributed by atoms with Crippen molar-refractivity contribution in [3.05, 3.63) is 75.8 Å². The summed E-state index contributed by atoms with van der Waals surface area (Å²) in [4.78, 5) is 30.6. The summed E-state index contributed by atoms with van der Waals surface area (Å²) in [7, 11) is 0. The number of rotatable bonds is 3. The number of nitrogens with zero attached hydrogens (tertiary/aromatic N) is 1. The molecule has 0 amide bonds. The Kier molecular flexibility index (Phi) is 4.44. The lowest BCUT2D eigenvalue weighted by atomic mass is 9.75. The maximum absolute atomic E-state index is 13.2. The van der Waals surface area contributed by atoms with E-state index in [0.717, 1.165) is 11.1 Å². The van der Waals surface area contributed by atoms with E-state index in [9.17, 15) is 9.59 Å². The molecule has 1 heterocycles. The molecule has 4 rings (SSSR count). The lowest BCUT2D eigenvalue weighted by Gasteiger charge is -2.30. The van der Waals surface area contributed by atoms with E-state index in [1.165, 1.54) is 0 Å². The van der Waals surface area contributed by atoms with Crippen molar-refractivity contribution in [3.63, 3.8) is 0 Å². The second kappa shape index (κ2) is 6.78. The van der Waals surface area contributed by atoms with Crippen LogP contribution in [0.5, 0.6) is 0 Å². The summed E-state index contributed by atoms with van der Waals surface area (Å²) in [5.74, 6) is -1.53. The molecular formula is C22H18ClNO3. The summed E-state index contributed by atoms with van der Waals surface area (Å²) >= 11 is 6.05. The van der Waals surface area contributed by atoms with Crippen LogP contribution in [0.25, 0.3) is 5.70 Å². The molecule has 2 aliphatic rings. The highest BCUT2D eigenvalue weighted by molar-refractivity contribution is 6.30. The Morgan fingerprint density at radius 3 is 2.44 bits per heavy atom. The molecule has 2 aromatic rings. The van der Waals surface area contributed by atoms with Crippen LogP contribution in [-0.2, 0) is 9.53 Å². The molecule has 1 unspecified atom stereocenters. The van der Waals surface area contributed by atoms with E-state index >= 15 is 0 Å². The highest BCUT2D eigenvalue weighted by Gasteiger charge is 2.45. The van der Waals surface area contributed by atoms with Gasteiger partial charge in [0.2, 0.25) is 0 Å². The molecule has 2 aromatic carbocycles. The predicted molar refractivity (Wildman–Crippen MR) is 105 cm³/mol. The summed E-state index contributed by atoms with van der Waals surface area (Å²) < 4.78 is 5.31. The Hall–Kier alpha value is -2.72. The van der Waals surface area contributed by atoms with Crippen LogP contribution >= 0.6 is 11.6 Å². The number of Topliss-reactive ketones (excluding diaryl/α,β-unsaturated/α-hetero) is 1. The number of esters is 1. The van der Waals surface area contributed by atoms with Gasteiger partial charge in [-0.25, -0.2) is 0 Å². The first-order chi connectivity index (χ1) is 13.0. The second-order valence-corrected chi connectivity index (χ2v) is 7.09. The molecule has 0 saturated carbocycles. The Morgan fingerprint density at radius 1 is 1.11 bits per heavy atom. The van der Waals surface area contributed by atoms with Gasteiger partial charge in [0.05, 0.1) is 12.3 Å². The zero-order chi connectivity index (χ0) is 19.1. The third-order valence-electron chi connectivity index (χ3n) is 5.08. The lowest BCUT2D eigenvalue weighted by molar-refractivity contribution is -0.145. The zero-order valence-corrected chi connectivity index (χ0v) is 15.8. The van der Waals surface area contributed by atoms with Gasteiger partial charge in [-0.1, -0.05) is 48.0 Å². The van der Waals surface area contributed by atoms with Crippen molar-refractivity contribution in [1.82, 2.24) is 0 Å². The molecule has 1 aliphatic heterocycles. The first kappa shape index (κ1) is 17.7. The molecule has 1 aliphatic carbocycles. The van der Waals surface area contributed by atoms with Crippen LogP contribution in [0.2, 0.25) is 5.02 Å². The van der Waals surface area contributed by atoms with E-state index in [1.54, 1.807) is 25.1 Å². The molecule has 0 saturated heterocycles. The van der Waals surface area contributed by atoms with Gasteiger partial charge >= 0.3 is 5.97 Å². The fourth-order valence-electron chi connectivity index (χ4n) is 3.92. The molecule has 0 aromatic heterocycles. The molecular weight excluding hydrogens is 362 g/mol. The van der Waals surface area contributed by atoms with Gasteiger partial charge in [-0.3, -0.25) is 14.6 Å². The summed E-state index contributed by atoms with van der Waals surface area (Å²) in [5.41, 5.74) is 4.16. The molecule has 0 radical (unpaired) electrons. The van der Waals surface area contributed by atoms with Gasteiger partial charge < -0.3 is 4.74 Å². The minimum absolute atomic E-state index is 0.0777. The van der Waals surface area contributed by atoms with Crippen LogP contribution in [-0.4, -0.2) is 24.1 Å². The van der Waals surface area contributed by atoms with Crippen LogP contribution in [0.3, 0.4) is 0 Å². The van der Waals surface area contributed by atoms with E-state index in [2.05, 4.69) is 4.99 Å². The van der Waals surface area contributed by atoms with Gasteiger partial charge in [0.25, 0.3) is 0 Å². The van der Waals surface area contributed by atoms with E-state index < -0.39 is 11.8 Å². The molecule has 0 bridgehead atoms.